The third-order valence-electron chi connectivity index (χ3n) is 4.14. The van der Waals surface area contributed by atoms with Crippen LogP contribution in [0, 0.1) is 12.7 Å². The van der Waals surface area contributed by atoms with Crippen LogP contribution < -0.4 is 15.8 Å². The number of methoxy groups -OCH3 is 1. The van der Waals surface area contributed by atoms with Crippen molar-refractivity contribution < 1.29 is 18.3 Å². The first kappa shape index (κ1) is 19.3. The van der Waals surface area contributed by atoms with Crippen LogP contribution in [0.3, 0.4) is 0 Å². The number of hydrogen-bond acceptors (Lipinski definition) is 5. The van der Waals surface area contributed by atoms with E-state index in [4.69, 9.17) is 9.15 Å². The number of carbonyl (C=O) groups excluding carboxylic acids is 1. The van der Waals surface area contributed by atoms with E-state index < -0.39 is 11.6 Å². The molecule has 146 valence electrons. The van der Waals surface area contributed by atoms with Crippen LogP contribution in [-0.2, 0) is 17.8 Å². The van der Waals surface area contributed by atoms with E-state index in [1.54, 1.807) is 7.11 Å². The fraction of sp³-hybridized carbons (Fsp3) is 0.250. The van der Waals surface area contributed by atoms with Crippen molar-refractivity contribution in [2.45, 2.75) is 19.9 Å². The summed E-state index contributed by atoms with van der Waals surface area (Å²) in [5.41, 5.74) is 2.54. The summed E-state index contributed by atoms with van der Waals surface area (Å²) in [7, 11) is 1.60. The molecule has 28 heavy (non-hydrogen) atoms. The van der Waals surface area contributed by atoms with Crippen molar-refractivity contribution in [1.82, 2.24) is 15.1 Å². The minimum absolute atomic E-state index is 0.0299. The zero-order valence-electron chi connectivity index (χ0n) is 15.6. The Hall–Kier alpha value is -3.42. The van der Waals surface area contributed by atoms with Gasteiger partial charge in [-0.25, -0.2) is 9.18 Å². The number of amides is 1. The highest BCUT2D eigenvalue weighted by Crippen LogP contribution is 2.19. The zero-order valence-corrected chi connectivity index (χ0v) is 15.6. The average Bonchev–Trinajstić information content (AvgIpc) is 3.03. The summed E-state index contributed by atoms with van der Waals surface area (Å²) in [6.45, 7) is 2.10. The quantitative estimate of drug-likeness (QED) is 0.675. The van der Waals surface area contributed by atoms with Gasteiger partial charge >= 0.3 is 5.76 Å². The molecule has 0 atom stereocenters. The number of halogens is 1. The Morgan fingerprint density at radius 3 is 2.71 bits per heavy atom. The van der Waals surface area contributed by atoms with Crippen molar-refractivity contribution >= 4 is 5.91 Å². The molecule has 7 nitrogen and oxygen atoms in total. The van der Waals surface area contributed by atoms with Crippen molar-refractivity contribution in [3.8, 4) is 17.2 Å². The lowest BCUT2D eigenvalue weighted by molar-refractivity contribution is -0.121. The normalized spacial score (nSPS) is 10.7. The monoisotopic (exact) mass is 385 g/mol. The fourth-order valence-corrected chi connectivity index (χ4v) is 2.75. The first-order valence-corrected chi connectivity index (χ1v) is 8.70. The molecule has 0 spiro atoms. The number of aryl methyl sites for hydroxylation is 1. The Bertz CT molecular complexity index is 1020. The Kier molecular flexibility index (Phi) is 5.88. The van der Waals surface area contributed by atoms with Gasteiger partial charge in [-0.3, -0.25) is 4.79 Å². The smallest absolute Gasteiger partial charge is 0.437 e. The molecule has 2 aromatic carbocycles. The lowest BCUT2D eigenvalue weighted by Gasteiger charge is -2.10. The Morgan fingerprint density at radius 2 is 2.00 bits per heavy atom. The summed E-state index contributed by atoms with van der Waals surface area (Å²) in [6, 6.07) is 11.2. The molecule has 0 saturated carbocycles. The van der Waals surface area contributed by atoms with Gasteiger partial charge in [0.2, 0.25) is 11.8 Å². The molecule has 0 aliphatic rings. The largest absolute Gasteiger partial charge is 0.496 e. The predicted octanol–water partition coefficient (Wildman–Crippen LogP) is 2.32. The van der Waals surface area contributed by atoms with Crippen molar-refractivity contribution in [2.24, 2.45) is 0 Å². The maximum absolute atomic E-state index is 13.0. The summed E-state index contributed by atoms with van der Waals surface area (Å²) >= 11 is 0. The van der Waals surface area contributed by atoms with E-state index in [0.29, 0.717) is 18.5 Å². The van der Waals surface area contributed by atoms with E-state index in [0.717, 1.165) is 21.6 Å². The lowest BCUT2D eigenvalue weighted by Crippen LogP contribution is -2.32. The predicted molar refractivity (Wildman–Crippen MR) is 101 cm³/mol. The summed E-state index contributed by atoms with van der Waals surface area (Å²) < 4.78 is 24.3. The van der Waals surface area contributed by atoms with Crippen LogP contribution in [0.5, 0.6) is 5.75 Å². The van der Waals surface area contributed by atoms with Gasteiger partial charge in [-0.2, -0.15) is 4.68 Å². The lowest BCUT2D eigenvalue weighted by atomic mass is 10.1. The number of nitrogens with one attached hydrogen (secondary N) is 1. The molecular weight excluding hydrogens is 365 g/mol. The van der Waals surface area contributed by atoms with Crippen molar-refractivity contribution in [3.05, 3.63) is 70.0 Å². The van der Waals surface area contributed by atoms with Crippen LogP contribution in [0.15, 0.2) is 51.7 Å². The summed E-state index contributed by atoms with van der Waals surface area (Å²) in [6.07, 6.45) is 0.588. The van der Waals surface area contributed by atoms with Crippen LogP contribution in [0.25, 0.3) is 11.5 Å². The molecule has 0 unspecified atom stereocenters. The number of aromatic nitrogens is 2. The van der Waals surface area contributed by atoms with E-state index in [2.05, 4.69) is 10.4 Å². The van der Waals surface area contributed by atoms with Crippen LogP contribution in [0.1, 0.15) is 11.1 Å². The van der Waals surface area contributed by atoms with E-state index >= 15 is 0 Å². The molecule has 1 aromatic heterocycles. The van der Waals surface area contributed by atoms with Crippen LogP contribution >= 0.6 is 0 Å². The topological polar surface area (TPSA) is 86.4 Å². The van der Waals surface area contributed by atoms with E-state index in [-0.39, 0.29) is 18.3 Å². The van der Waals surface area contributed by atoms with Gasteiger partial charge in [0.25, 0.3) is 0 Å². The highest BCUT2D eigenvalue weighted by Gasteiger charge is 2.13. The summed E-state index contributed by atoms with van der Waals surface area (Å²) in [5.74, 6) is -0.739. The highest BCUT2D eigenvalue weighted by atomic mass is 19.1. The van der Waals surface area contributed by atoms with Gasteiger partial charge in [-0.1, -0.05) is 17.7 Å². The van der Waals surface area contributed by atoms with Gasteiger partial charge < -0.3 is 14.5 Å². The molecule has 1 amide bonds. The number of carbonyl (C=O) groups is 1. The summed E-state index contributed by atoms with van der Waals surface area (Å²) in [4.78, 5) is 24.0. The van der Waals surface area contributed by atoms with Gasteiger partial charge in [0.05, 0.1) is 7.11 Å². The average molecular weight is 385 g/mol. The van der Waals surface area contributed by atoms with Gasteiger partial charge in [-0.15, -0.1) is 5.10 Å². The second kappa shape index (κ2) is 8.51. The first-order valence-electron chi connectivity index (χ1n) is 8.70. The fourth-order valence-electron chi connectivity index (χ4n) is 2.75. The SMILES string of the molecule is COc1ccc(C)cc1CCNC(=O)Cn1nc(-c2ccc(F)cc2)oc1=O. The number of nitrogens with zero attached hydrogens (tertiary/aromatic N) is 2. The third kappa shape index (κ3) is 4.64. The molecule has 0 saturated heterocycles. The van der Waals surface area contributed by atoms with Crippen molar-refractivity contribution in [1.29, 1.82) is 0 Å². The number of rotatable bonds is 7. The van der Waals surface area contributed by atoms with Gasteiger partial charge in [0.1, 0.15) is 18.1 Å². The second-order valence-electron chi connectivity index (χ2n) is 6.25. The molecule has 8 heteroatoms. The van der Waals surface area contributed by atoms with Crippen LogP contribution in [0.2, 0.25) is 0 Å². The van der Waals surface area contributed by atoms with Crippen molar-refractivity contribution in [3.63, 3.8) is 0 Å². The second-order valence-corrected chi connectivity index (χ2v) is 6.25. The maximum atomic E-state index is 13.0. The van der Waals surface area contributed by atoms with E-state index in [1.807, 2.05) is 25.1 Å². The Morgan fingerprint density at radius 1 is 1.25 bits per heavy atom. The molecule has 0 aliphatic heterocycles. The van der Waals surface area contributed by atoms with Crippen molar-refractivity contribution in [2.75, 3.05) is 13.7 Å². The van der Waals surface area contributed by atoms with Gasteiger partial charge in [0.15, 0.2) is 0 Å². The maximum Gasteiger partial charge on any atom is 0.437 e. The molecule has 0 bridgehead atoms. The molecule has 1 N–H and O–H groups in total. The molecule has 0 radical (unpaired) electrons. The van der Waals surface area contributed by atoms with Gasteiger partial charge in [0, 0.05) is 12.1 Å². The molecule has 3 rings (SSSR count). The van der Waals surface area contributed by atoms with Gasteiger partial charge in [-0.05, 0) is 49.2 Å². The molecule has 1 heterocycles. The minimum atomic E-state index is -0.755. The Labute approximate surface area is 160 Å². The van der Waals surface area contributed by atoms with Crippen LogP contribution in [-0.4, -0.2) is 29.3 Å². The standard InChI is InChI=1S/C20H20FN3O4/c1-13-3-8-17(27-2)15(11-13)9-10-22-18(25)12-24-20(26)28-19(23-24)14-4-6-16(21)7-5-14/h3-8,11H,9-10,12H2,1-2H3,(H,22,25). The van der Waals surface area contributed by atoms with Crippen LogP contribution in [0.4, 0.5) is 4.39 Å². The third-order valence-corrected chi connectivity index (χ3v) is 4.14. The van der Waals surface area contributed by atoms with E-state index in [9.17, 15) is 14.0 Å². The Balaban J connectivity index is 1.59. The molecule has 0 fully saturated rings. The highest BCUT2D eigenvalue weighted by molar-refractivity contribution is 5.75. The van der Waals surface area contributed by atoms with E-state index in [1.165, 1.54) is 24.3 Å². The summed E-state index contributed by atoms with van der Waals surface area (Å²) in [5, 5.41) is 6.74. The number of ether oxygens (including phenoxy) is 1. The number of hydrogen-bond donors (Lipinski definition) is 1. The molecule has 0 aliphatic carbocycles. The number of benzene rings is 2. The first-order chi connectivity index (χ1) is 13.5. The molecular formula is C20H20FN3O4. The molecule has 3 aromatic rings. The minimum Gasteiger partial charge on any atom is -0.496 e. The zero-order chi connectivity index (χ0) is 20.1.